The van der Waals surface area contributed by atoms with Crippen molar-refractivity contribution in [1.29, 1.82) is 0 Å². The van der Waals surface area contributed by atoms with Crippen molar-refractivity contribution in [3.05, 3.63) is 46.6 Å². The van der Waals surface area contributed by atoms with Crippen molar-refractivity contribution in [2.75, 3.05) is 5.73 Å². The van der Waals surface area contributed by atoms with Crippen LogP contribution < -0.4 is 5.73 Å². The Morgan fingerprint density at radius 2 is 1.90 bits per heavy atom. The normalized spacial score (nSPS) is 12.2. The lowest BCUT2D eigenvalue weighted by Gasteiger charge is -2.12. The summed E-state index contributed by atoms with van der Waals surface area (Å²) in [6.45, 7) is 7.67. The van der Waals surface area contributed by atoms with Crippen LogP contribution in [0.4, 0.5) is 5.82 Å². The van der Waals surface area contributed by atoms with E-state index in [1.54, 1.807) is 6.07 Å². The van der Waals surface area contributed by atoms with Crippen LogP contribution >= 0.6 is 11.8 Å². The van der Waals surface area contributed by atoms with Gasteiger partial charge in [-0.25, -0.2) is 9.97 Å². The fourth-order valence-electron chi connectivity index (χ4n) is 2.05. The molecule has 1 aromatic heterocycles. The number of benzene rings is 1. The van der Waals surface area contributed by atoms with E-state index in [0.717, 1.165) is 22.4 Å². The molecule has 110 valence electrons. The fraction of sp³-hybridized carbons (Fsp3) is 0.312. The van der Waals surface area contributed by atoms with Gasteiger partial charge in [0.25, 0.3) is 0 Å². The van der Waals surface area contributed by atoms with Crippen molar-refractivity contribution >= 4 is 23.4 Å². The molecule has 4 nitrogen and oxygen atoms in total. The van der Waals surface area contributed by atoms with E-state index in [1.807, 2.05) is 45.9 Å². The molecule has 0 aliphatic heterocycles. The fourth-order valence-corrected chi connectivity index (χ4v) is 2.95. The van der Waals surface area contributed by atoms with Crippen LogP contribution in [0.2, 0.25) is 0 Å². The molecule has 0 saturated carbocycles. The minimum atomic E-state index is -0.258. The van der Waals surface area contributed by atoms with Gasteiger partial charge in [-0.3, -0.25) is 4.79 Å². The lowest BCUT2D eigenvalue weighted by atomic mass is 10.0. The van der Waals surface area contributed by atoms with Crippen molar-refractivity contribution in [3.8, 4) is 0 Å². The molecule has 1 aromatic carbocycles. The topological polar surface area (TPSA) is 68.9 Å². The minimum absolute atomic E-state index is 0.0878. The number of aromatic nitrogens is 2. The number of hydrogen-bond acceptors (Lipinski definition) is 5. The van der Waals surface area contributed by atoms with E-state index in [2.05, 4.69) is 9.97 Å². The number of hydrogen-bond donors (Lipinski definition) is 1. The molecule has 0 saturated heterocycles. The highest BCUT2D eigenvalue weighted by molar-refractivity contribution is 8.00. The largest absolute Gasteiger partial charge is 0.384 e. The number of anilines is 1. The lowest BCUT2D eigenvalue weighted by Crippen LogP contribution is -2.16. The number of nitrogen functional groups attached to an aromatic ring is 1. The van der Waals surface area contributed by atoms with Gasteiger partial charge in [0.1, 0.15) is 5.82 Å². The number of aryl methyl sites for hydroxylation is 3. The molecule has 1 heterocycles. The van der Waals surface area contributed by atoms with Crippen molar-refractivity contribution in [3.63, 3.8) is 0 Å². The zero-order valence-corrected chi connectivity index (χ0v) is 13.5. The van der Waals surface area contributed by atoms with Crippen LogP contribution in [0.1, 0.15) is 34.1 Å². The Morgan fingerprint density at radius 1 is 1.19 bits per heavy atom. The minimum Gasteiger partial charge on any atom is -0.384 e. The molecule has 0 unspecified atom stereocenters. The zero-order chi connectivity index (χ0) is 15.6. The highest BCUT2D eigenvalue weighted by atomic mass is 32.2. The molecule has 2 aromatic rings. The number of rotatable bonds is 4. The highest BCUT2D eigenvalue weighted by Gasteiger charge is 2.20. The maximum absolute atomic E-state index is 12.6. The Morgan fingerprint density at radius 3 is 2.57 bits per heavy atom. The highest BCUT2D eigenvalue weighted by Crippen LogP contribution is 2.25. The van der Waals surface area contributed by atoms with E-state index in [1.165, 1.54) is 11.8 Å². The Bertz CT molecular complexity index is 665. The summed E-state index contributed by atoms with van der Waals surface area (Å²) < 4.78 is 0. The van der Waals surface area contributed by atoms with Gasteiger partial charge >= 0.3 is 0 Å². The molecular weight excluding hydrogens is 282 g/mol. The molecule has 21 heavy (non-hydrogen) atoms. The van der Waals surface area contributed by atoms with Gasteiger partial charge in [0.15, 0.2) is 10.9 Å². The van der Waals surface area contributed by atoms with E-state index < -0.39 is 0 Å². The number of nitrogens with two attached hydrogens (primary N) is 1. The Balaban J connectivity index is 2.21. The van der Waals surface area contributed by atoms with E-state index in [9.17, 15) is 4.79 Å². The van der Waals surface area contributed by atoms with Gasteiger partial charge < -0.3 is 5.73 Å². The van der Waals surface area contributed by atoms with E-state index in [-0.39, 0.29) is 11.0 Å². The average molecular weight is 301 g/mol. The van der Waals surface area contributed by atoms with Crippen molar-refractivity contribution in [2.45, 2.75) is 38.1 Å². The van der Waals surface area contributed by atoms with Gasteiger partial charge in [0, 0.05) is 17.3 Å². The molecule has 1 atom stereocenters. The third-order valence-corrected chi connectivity index (χ3v) is 4.12. The Labute approximate surface area is 129 Å². The van der Waals surface area contributed by atoms with Gasteiger partial charge in [0.05, 0.1) is 5.25 Å². The van der Waals surface area contributed by atoms with Crippen LogP contribution in [0, 0.1) is 20.8 Å². The first-order chi connectivity index (χ1) is 9.86. The van der Waals surface area contributed by atoms with E-state index >= 15 is 0 Å². The zero-order valence-electron chi connectivity index (χ0n) is 12.7. The first-order valence-corrected chi connectivity index (χ1v) is 7.64. The first-order valence-electron chi connectivity index (χ1n) is 6.76. The predicted octanol–water partition coefficient (Wildman–Crippen LogP) is 3.35. The number of nitrogens with zero attached hydrogens (tertiary/aromatic N) is 2. The second kappa shape index (κ2) is 6.26. The monoisotopic (exact) mass is 301 g/mol. The second-order valence-electron chi connectivity index (χ2n) is 5.16. The maximum atomic E-state index is 12.6. The summed E-state index contributed by atoms with van der Waals surface area (Å²) in [6, 6.07) is 7.62. The number of carbonyl (C=O) groups excluding carboxylic acids is 1. The quantitative estimate of drug-likeness (QED) is 0.533. The smallest absolute Gasteiger partial charge is 0.190 e. The first kappa shape index (κ1) is 15.5. The van der Waals surface area contributed by atoms with E-state index in [4.69, 9.17) is 5.73 Å². The second-order valence-corrected chi connectivity index (χ2v) is 6.47. The maximum Gasteiger partial charge on any atom is 0.190 e. The van der Waals surface area contributed by atoms with Crippen molar-refractivity contribution in [1.82, 2.24) is 9.97 Å². The van der Waals surface area contributed by atoms with Crippen LogP contribution in [0.15, 0.2) is 29.4 Å². The van der Waals surface area contributed by atoms with Gasteiger partial charge in [-0.2, -0.15) is 0 Å². The third-order valence-electron chi connectivity index (χ3n) is 3.16. The molecule has 0 amide bonds. The summed E-state index contributed by atoms with van der Waals surface area (Å²) in [5.74, 6) is 0.515. The number of carbonyl (C=O) groups is 1. The van der Waals surface area contributed by atoms with Crippen LogP contribution in [0.3, 0.4) is 0 Å². The molecule has 2 rings (SSSR count). The number of ketones is 1. The molecule has 0 fully saturated rings. The summed E-state index contributed by atoms with van der Waals surface area (Å²) in [5.41, 5.74) is 9.35. The number of Topliss-reactive ketones (excluding diaryl/α,β-unsaturated/α-hetero) is 1. The standard InChI is InChI=1S/C16H19N3OS/c1-9-5-6-10(2)13(7-9)15(20)12(4)21-16-18-11(3)8-14(17)19-16/h5-8,12H,1-4H3,(H2,17,18,19)/t12-/m0/s1. The van der Waals surface area contributed by atoms with Gasteiger partial charge in [0.2, 0.25) is 0 Å². The summed E-state index contributed by atoms with van der Waals surface area (Å²) in [7, 11) is 0. The molecule has 0 aliphatic rings. The molecule has 0 spiro atoms. The third kappa shape index (κ3) is 3.82. The van der Waals surface area contributed by atoms with Crippen molar-refractivity contribution in [2.24, 2.45) is 0 Å². The summed E-state index contributed by atoms with van der Waals surface area (Å²) in [6.07, 6.45) is 0. The molecule has 5 heteroatoms. The summed E-state index contributed by atoms with van der Waals surface area (Å²) in [5, 5.41) is 0.283. The Hall–Kier alpha value is -1.88. The van der Waals surface area contributed by atoms with Crippen LogP contribution in [0.25, 0.3) is 0 Å². The Kier molecular flexibility index (Phi) is 4.63. The SMILES string of the molecule is Cc1ccc(C)c(C(=O)[C@H](C)Sc2nc(C)cc(N)n2)c1. The lowest BCUT2D eigenvalue weighted by molar-refractivity contribution is 0.0993. The molecule has 0 radical (unpaired) electrons. The summed E-state index contributed by atoms with van der Waals surface area (Å²) >= 11 is 1.34. The molecule has 0 aliphatic carbocycles. The van der Waals surface area contributed by atoms with Crippen molar-refractivity contribution < 1.29 is 4.79 Å². The number of thioether (sulfide) groups is 1. The van der Waals surface area contributed by atoms with Crippen LogP contribution in [-0.2, 0) is 0 Å². The average Bonchev–Trinajstić information content (AvgIpc) is 2.39. The van der Waals surface area contributed by atoms with E-state index in [0.29, 0.717) is 11.0 Å². The van der Waals surface area contributed by atoms with Gasteiger partial charge in [-0.05, 0) is 39.3 Å². The molecular formula is C16H19N3OS. The van der Waals surface area contributed by atoms with Gasteiger partial charge in [-0.1, -0.05) is 29.5 Å². The van der Waals surface area contributed by atoms with Crippen LogP contribution in [-0.4, -0.2) is 21.0 Å². The molecule has 0 bridgehead atoms. The van der Waals surface area contributed by atoms with Gasteiger partial charge in [-0.15, -0.1) is 0 Å². The van der Waals surface area contributed by atoms with Crippen LogP contribution in [0.5, 0.6) is 0 Å². The molecule has 2 N–H and O–H groups in total. The predicted molar refractivity (Wildman–Crippen MR) is 86.7 cm³/mol. The summed E-state index contributed by atoms with van der Waals surface area (Å²) in [4.78, 5) is 21.1.